The summed E-state index contributed by atoms with van der Waals surface area (Å²) in [4.78, 5) is 33.3. The monoisotopic (exact) mass is 439 g/mol. The third-order valence-corrected chi connectivity index (χ3v) is 5.69. The molecule has 1 atom stereocenters. The molecule has 32 heavy (non-hydrogen) atoms. The Bertz CT molecular complexity index is 922. The van der Waals surface area contributed by atoms with Gasteiger partial charge in [-0.15, -0.1) is 0 Å². The molecule has 2 aromatic rings. The predicted octanol–water partition coefficient (Wildman–Crippen LogP) is 2.52. The largest absolute Gasteiger partial charge is 0.490 e. The Labute approximate surface area is 188 Å². The maximum atomic E-state index is 13.1. The van der Waals surface area contributed by atoms with Crippen molar-refractivity contribution in [2.24, 2.45) is 0 Å². The van der Waals surface area contributed by atoms with E-state index in [9.17, 15) is 9.59 Å². The molecule has 0 saturated carbocycles. The van der Waals surface area contributed by atoms with E-state index >= 15 is 0 Å². The van der Waals surface area contributed by atoms with Gasteiger partial charge in [0, 0.05) is 56.3 Å². The molecule has 2 fully saturated rings. The summed E-state index contributed by atoms with van der Waals surface area (Å²) in [6.07, 6.45) is 4.87. The lowest BCUT2D eigenvalue weighted by Gasteiger charge is -2.35. The maximum Gasteiger partial charge on any atom is 0.254 e. The first-order chi connectivity index (χ1) is 15.7. The number of benzene rings is 1. The van der Waals surface area contributed by atoms with Crippen molar-refractivity contribution in [1.29, 1.82) is 0 Å². The third kappa shape index (κ3) is 5.19. The second-order valence-corrected chi connectivity index (χ2v) is 7.86. The summed E-state index contributed by atoms with van der Waals surface area (Å²) in [5.74, 6) is 1.09. The van der Waals surface area contributed by atoms with Crippen molar-refractivity contribution in [1.82, 2.24) is 14.8 Å². The fourth-order valence-electron chi connectivity index (χ4n) is 3.96. The summed E-state index contributed by atoms with van der Waals surface area (Å²) < 4.78 is 17.1. The standard InChI is InChI=1S/C24H29N3O5/c1-2-30-22-15-19(7-8-20(22)32-17-18-5-3-9-25-16-18)23(28)26-10-12-27(13-11-26)24(29)21-6-4-14-31-21/h3,5,7-9,15-16,21H,2,4,6,10-14,17H2,1H3. The SMILES string of the molecule is CCOc1cc(C(=O)N2CCN(C(=O)C3CCCO3)CC2)ccc1OCc1cccnc1. The van der Waals surface area contributed by atoms with Crippen LogP contribution in [0, 0.1) is 0 Å². The number of carbonyl (C=O) groups excluding carboxylic acids is 2. The zero-order valence-electron chi connectivity index (χ0n) is 18.4. The molecule has 1 unspecified atom stereocenters. The van der Waals surface area contributed by atoms with Gasteiger partial charge in [-0.25, -0.2) is 0 Å². The van der Waals surface area contributed by atoms with Crippen LogP contribution in [0.1, 0.15) is 35.7 Å². The number of piperazine rings is 1. The van der Waals surface area contributed by atoms with E-state index in [2.05, 4.69) is 4.98 Å². The van der Waals surface area contributed by atoms with Gasteiger partial charge in [-0.3, -0.25) is 14.6 Å². The van der Waals surface area contributed by atoms with Crippen LogP contribution in [0.15, 0.2) is 42.7 Å². The van der Waals surface area contributed by atoms with Crippen molar-refractivity contribution in [3.05, 3.63) is 53.9 Å². The van der Waals surface area contributed by atoms with Crippen LogP contribution in [0.2, 0.25) is 0 Å². The Kier molecular flexibility index (Phi) is 7.21. The van der Waals surface area contributed by atoms with E-state index in [1.807, 2.05) is 19.1 Å². The van der Waals surface area contributed by atoms with Crippen LogP contribution in [-0.2, 0) is 16.1 Å². The highest BCUT2D eigenvalue weighted by atomic mass is 16.5. The molecule has 0 bridgehead atoms. The Hall–Kier alpha value is -3.13. The number of rotatable bonds is 7. The van der Waals surface area contributed by atoms with Gasteiger partial charge in [0.05, 0.1) is 6.61 Å². The van der Waals surface area contributed by atoms with E-state index in [-0.39, 0.29) is 17.9 Å². The van der Waals surface area contributed by atoms with E-state index < -0.39 is 0 Å². The molecule has 2 aliphatic rings. The van der Waals surface area contributed by atoms with Crippen LogP contribution in [-0.4, -0.2) is 72.1 Å². The highest BCUT2D eigenvalue weighted by Gasteiger charge is 2.31. The number of pyridine rings is 1. The molecule has 3 heterocycles. The van der Waals surface area contributed by atoms with E-state index in [0.717, 1.165) is 18.4 Å². The van der Waals surface area contributed by atoms with Gasteiger partial charge in [-0.2, -0.15) is 0 Å². The summed E-state index contributed by atoms with van der Waals surface area (Å²) in [6, 6.07) is 9.06. The Morgan fingerprint density at radius 3 is 2.59 bits per heavy atom. The smallest absolute Gasteiger partial charge is 0.254 e. The molecule has 2 aliphatic heterocycles. The molecule has 0 spiro atoms. The van der Waals surface area contributed by atoms with Crippen LogP contribution in [0.5, 0.6) is 11.5 Å². The summed E-state index contributed by atoms with van der Waals surface area (Å²) in [5, 5.41) is 0. The second kappa shape index (κ2) is 10.5. The molecule has 2 amide bonds. The van der Waals surface area contributed by atoms with Gasteiger partial charge in [-0.05, 0) is 44.0 Å². The molecular formula is C24H29N3O5. The van der Waals surface area contributed by atoms with Crippen molar-refractivity contribution >= 4 is 11.8 Å². The van der Waals surface area contributed by atoms with Crippen LogP contribution >= 0.6 is 0 Å². The molecule has 0 aliphatic carbocycles. The molecule has 8 nitrogen and oxygen atoms in total. The molecule has 8 heteroatoms. The minimum absolute atomic E-state index is 0.0448. The summed E-state index contributed by atoms with van der Waals surface area (Å²) in [5.41, 5.74) is 1.49. The number of nitrogens with zero attached hydrogens (tertiary/aromatic N) is 3. The first kappa shape index (κ1) is 22.1. The lowest BCUT2D eigenvalue weighted by Crippen LogP contribution is -2.52. The molecular weight excluding hydrogens is 410 g/mol. The first-order valence-corrected chi connectivity index (χ1v) is 11.1. The zero-order chi connectivity index (χ0) is 22.3. The van der Waals surface area contributed by atoms with Gasteiger partial charge in [0.2, 0.25) is 0 Å². The Morgan fingerprint density at radius 1 is 1.09 bits per heavy atom. The highest BCUT2D eigenvalue weighted by molar-refractivity contribution is 5.95. The lowest BCUT2D eigenvalue weighted by molar-refractivity contribution is -0.142. The van der Waals surface area contributed by atoms with E-state index in [1.54, 1.807) is 40.4 Å². The Balaban J connectivity index is 1.37. The molecule has 170 valence electrons. The quantitative estimate of drug-likeness (QED) is 0.660. The number of carbonyl (C=O) groups is 2. The number of hydrogen-bond donors (Lipinski definition) is 0. The van der Waals surface area contributed by atoms with Gasteiger partial charge in [0.25, 0.3) is 11.8 Å². The van der Waals surface area contributed by atoms with Gasteiger partial charge in [0.1, 0.15) is 12.7 Å². The average Bonchev–Trinajstić information content (AvgIpc) is 3.38. The number of hydrogen-bond acceptors (Lipinski definition) is 6. The molecule has 2 saturated heterocycles. The maximum absolute atomic E-state index is 13.1. The van der Waals surface area contributed by atoms with Crippen LogP contribution in [0.25, 0.3) is 0 Å². The molecule has 1 aromatic carbocycles. The van der Waals surface area contributed by atoms with Crippen molar-refractivity contribution in [3.8, 4) is 11.5 Å². The van der Waals surface area contributed by atoms with Crippen molar-refractivity contribution in [2.75, 3.05) is 39.4 Å². The first-order valence-electron chi connectivity index (χ1n) is 11.1. The average molecular weight is 440 g/mol. The van der Waals surface area contributed by atoms with Crippen molar-refractivity contribution < 1.29 is 23.8 Å². The normalized spacial score (nSPS) is 18.5. The minimum atomic E-state index is -0.315. The highest BCUT2D eigenvalue weighted by Crippen LogP contribution is 2.30. The van der Waals surface area contributed by atoms with E-state index in [1.165, 1.54) is 0 Å². The van der Waals surface area contributed by atoms with Gasteiger partial charge in [0.15, 0.2) is 11.5 Å². The Morgan fingerprint density at radius 2 is 1.91 bits per heavy atom. The predicted molar refractivity (Wildman–Crippen MR) is 118 cm³/mol. The van der Waals surface area contributed by atoms with Crippen LogP contribution < -0.4 is 9.47 Å². The molecule has 1 aromatic heterocycles. The van der Waals surface area contributed by atoms with Gasteiger partial charge >= 0.3 is 0 Å². The fourth-order valence-corrected chi connectivity index (χ4v) is 3.96. The summed E-state index contributed by atoms with van der Waals surface area (Å²) in [7, 11) is 0. The van der Waals surface area contributed by atoms with E-state index in [0.29, 0.717) is 63.1 Å². The summed E-state index contributed by atoms with van der Waals surface area (Å²) in [6.45, 7) is 5.42. The van der Waals surface area contributed by atoms with Crippen LogP contribution in [0.4, 0.5) is 0 Å². The molecule has 0 radical (unpaired) electrons. The van der Waals surface area contributed by atoms with E-state index in [4.69, 9.17) is 14.2 Å². The third-order valence-electron chi connectivity index (χ3n) is 5.69. The minimum Gasteiger partial charge on any atom is -0.490 e. The van der Waals surface area contributed by atoms with Crippen molar-refractivity contribution in [2.45, 2.75) is 32.5 Å². The van der Waals surface area contributed by atoms with Crippen molar-refractivity contribution in [3.63, 3.8) is 0 Å². The number of amides is 2. The lowest BCUT2D eigenvalue weighted by atomic mass is 10.1. The van der Waals surface area contributed by atoms with Gasteiger partial charge in [-0.1, -0.05) is 6.07 Å². The topological polar surface area (TPSA) is 81.2 Å². The second-order valence-electron chi connectivity index (χ2n) is 7.86. The molecule has 0 N–H and O–H groups in total. The number of aromatic nitrogens is 1. The van der Waals surface area contributed by atoms with Gasteiger partial charge < -0.3 is 24.0 Å². The summed E-state index contributed by atoms with van der Waals surface area (Å²) >= 11 is 0. The fraction of sp³-hybridized carbons (Fsp3) is 0.458. The molecule has 4 rings (SSSR count). The zero-order valence-corrected chi connectivity index (χ0v) is 18.4. The number of ether oxygens (including phenoxy) is 3. The van der Waals surface area contributed by atoms with Crippen LogP contribution in [0.3, 0.4) is 0 Å².